The van der Waals surface area contributed by atoms with Crippen LogP contribution in [0.15, 0.2) is 0 Å². The summed E-state index contributed by atoms with van der Waals surface area (Å²) in [7, 11) is 5.50. The van der Waals surface area contributed by atoms with Crippen LogP contribution in [0.2, 0.25) is 0 Å². The molecule has 0 amide bonds. The highest BCUT2D eigenvalue weighted by Crippen LogP contribution is 2.07. The van der Waals surface area contributed by atoms with Gasteiger partial charge < -0.3 is 9.64 Å². The van der Waals surface area contributed by atoms with Crippen LogP contribution in [0.4, 0.5) is 0 Å². The van der Waals surface area contributed by atoms with Crippen LogP contribution in [0, 0.1) is 0 Å². The molecule has 0 aromatic carbocycles. The normalized spacial score (nSPS) is 15.5. The maximum Gasteiger partial charge on any atom is 0.322 e. The molecule has 0 N–H and O–H groups in total. The Morgan fingerprint density at radius 3 is 2.20 bits per heavy atom. The van der Waals surface area contributed by atoms with Gasteiger partial charge in [-0.1, -0.05) is 6.92 Å². The molecule has 2 atom stereocenters. The minimum absolute atomic E-state index is 0.164. The molecule has 0 aromatic rings. The first-order valence-electron chi connectivity index (χ1n) is 5.42. The molecule has 0 spiro atoms. The molecular formula is C11H24N2O2. The van der Waals surface area contributed by atoms with Gasteiger partial charge in [0.2, 0.25) is 0 Å². The number of hydrogen-bond donors (Lipinski definition) is 0. The molecule has 0 rings (SSSR count). The lowest BCUT2D eigenvalue weighted by Crippen LogP contribution is -2.48. The minimum Gasteiger partial charge on any atom is -0.468 e. The molecule has 0 bridgehead atoms. The zero-order valence-corrected chi connectivity index (χ0v) is 10.8. The number of ether oxygens (including phenoxy) is 1. The van der Waals surface area contributed by atoms with E-state index in [-0.39, 0.29) is 12.0 Å². The topological polar surface area (TPSA) is 32.8 Å². The second-order valence-electron chi connectivity index (χ2n) is 4.14. The smallest absolute Gasteiger partial charge is 0.322 e. The number of likely N-dealkylation sites (N-methyl/N-ethyl adjacent to an activating group) is 2. The van der Waals surface area contributed by atoms with E-state index in [4.69, 9.17) is 4.74 Å². The van der Waals surface area contributed by atoms with E-state index in [9.17, 15) is 4.79 Å². The Labute approximate surface area is 93.2 Å². The maximum absolute atomic E-state index is 11.4. The van der Waals surface area contributed by atoms with Crippen LogP contribution in [0.1, 0.15) is 20.8 Å². The van der Waals surface area contributed by atoms with Crippen LogP contribution >= 0.6 is 0 Å². The first-order valence-corrected chi connectivity index (χ1v) is 5.42. The highest BCUT2D eigenvalue weighted by atomic mass is 16.5. The molecule has 0 aliphatic rings. The summed E-state index contributed by atoms with van der Waals surface area (Å²) in [6.45, 7) is 7.87. The van der Waals surface area contributed by atoms with Gasteiger partial charge in [0.25, 0.3) is 0 Å². The number of hydrogen-bond acceptors (Lipinski definition) is 4. The van der Waals surface area contributed by atoms with Crippen LogP contribution in [-0.4, -0.2) is 62.1 Å². The SMILES string of the molecule is CCN(C(C)CN(C)C)C(C)C(=O)OC. The average molecular weight is 216 g/mol. The molecule has 4 heteroatoms. The first-order chi connectivity index (χ1) is 6.93. The Kier molecular flexibility index (Phi) is 6.52. The predicted molar refractivity (Wildman–Crippen MR) is 61.9 cm³/mol. The number of nitrogens with zero attached hydrogens (tertiary/aromatic N) is 2. The maximum atomic E-state index is 11.4. The van der Waals surface area contributed by atoms with E-state index in [0.29, 0.717) is 6.04 Å². The van der Waals surface area contributed by atoms with Crippen molar-refractivity contribution < 1.29 is 9.53 Å². The number of methoxy groups -OCH3 is 1. The summed E-state index contributed by atoms with van der Waals surface area (Å²) in [5, 5.41) is 0. The molecule has 90 valence electrons. The van der Waals surface area contributed by atoms with Crippen molar-refractivity contribution >= 4 is 5.97 Å². The number of rotatable bonds is 6. The molecule has 0 aliphatic heterocycles. The van der Waals surface area contributed by atoms with Gasteiger partial charge in [-0.2, -0.15) is 0 Å². The van der Waals surface area contributed by atoms with Crippen molar-refractivity contribution in [2.75, 3.05) is 34.3 Å². The van der Waals surface area contributed by atoms with Gasteiger partial charge in [0, 0.05) is 12.6 Å². The van der Waals surface area contributed by atoms with E-state index in [1.807, 2.05) is 21.0 Å². The highest BCUT2D eigenvalue weighted by Gasteiger charge is 2.24. The van der Waals surface area contributed by atoms with Crippen molar-refractivity contribution in [2.24, 2.45) is 0 Å². The Morgan fingerprint density at radius 1 is 1.33 bits per heavy atom. The molecule has 0 radical (unpaired) electrons. The number of carbonyl (C=O) groups excluding carboxylic acids is 1. The minimum atomic E-state index is -0.171. The molecule has 0 saturated carbocycles. The lowest BCUT2D eigenvalue weighted by Gasteiger charge is -2.33. The van der Waals surface area contributed by atoms with Gasteiger partial charge in [0.05, 0.1) is 7.11 Å². The van der Waals surface area contributed by atoms with Crippen molar-refractivity contribution in [3.8, 4) is 0 Å². The van der Waals surface area contributed by atoms with E-state index < -0.39 is 0 Å². The third-order valence-corrected chi connectivity index (χ3v) is 2.60. The fourth-order valence-corrected chi connectivity index (χ4v) is 1.91. The summed E-state index contributed by atoms with van der Waals surface area (Å²) >= 11 is 0. The van der Waals surface area contributed by atoms with Crippen LogP contribution < -0.4 is 0 Å². The van der Waals surface area contributed by atoms with Gasteiger partial charge in [-0.25, -0.2) is 0 Å². The zero-order chi connectivity index (χ0) is 12.0. The van der Waals surface area contributed by atoms with E-state index in [2.05, 4.69) is 23.6 Å². The first kappa shape index (κ1) is 14.4. The van der Waals surface area contributed by atoms with Crippen molar-refractivity contribution in [3.05, 3.63) is 0 Å². The monoisotopic (exact) mass is 216 g/mol. The van der Waals surface area contributed by atoms with Crippen molar-refractivity contribution in [1.29, 1.82) is 0 Å². The quantitative estimate of drug-likeness (QED) is 0.615. The lowest BCUT2D eigenvalue weighted by molar-refractivity contribution is -0.147. The van der Waals surface area contributed by atoms with Gasteiger partial charge in [-0.3, -0.25) is 9.69 Å². The molecule has 15 heavy (non-hydrogen) atoms. The molecule has 0 fully saturated rings. The summed E-state index contributed by atoms with van der Waals surface area (Å²) in [6, 6.07) is 0.175. The molecule has 0 saturated heterocycles. The molecule has 0 aromatic heterocycles. The predicted octanol–water partition coefficient (Wildman–Crippen LogP) is 0.820. The summed E-state index contributed by atoms with van der Waals surface area (Å²) in [4.78, 5) is 15.7. The third-order valence-electron chi connectivity index (χ3n) is 2.60. The number of carbonyl (C=O) groups is 1. The molecule has 2 unspecified atom stereocenters. The van der Waals surface area contributed by atoms with Crippen molar-refractivity contribution in [1.82, 2.24) is 9.80 Å². The molecule has 4 nitrogen and oxygen atoms in total. The Hall–Kier alpha value is -0.610. The Bertz CT molecular complexity index is 195. The second-order valence-corrected chi connectivity index (χ2v) is 4.14. The van der Waals surface area contributed by atoms with Gasteiger partial charge in [-0.05, 0) is 34.5 Å². The standard InChI is InChI=1S/C11H24N2O2/c1-7-13(9(2)8-12(4)5)10(3)11(14)15-6/h9-10H,7-8H2,1-6H3. The van der Waals surface area contributed by atoms with Crippen LogP contribution in [0.25, 0.3) is 0 Å². The highest BCUT2D eigenvalue weighted by molar-refractivity contribution is 5.75. The fraction of sp³-hybridized carbons (Fsp3) is 0.909. The lowest BCUT2D eigenvalue weighted by atomic mass is 10.2. The van der Waals surface area contributed by atoms with E-state index in [0.717, 1.165) is 13.1 Å². The van der Waals surface area contributed by atoms with E-state index in [1.54, 1.807) is 0 Å². The third kappa shape index (κ3) is 4.62. The van der Waals surface area contributed by atoms with E-state index in [1.165, 1.54) is 7.11 Å². The van der Waals surface area contributed by atoms with E-state index >= 15 is 0 Å². The molecule has 0 heterocycles. The second kappa shape index (κ2) is 6.80. The van der Waals surface area contributed by atoms with Gasteiger partial charge >= 0.3 is 5.97 Å². The Balaban J connectivity index is 4.39. The van der Waals surface area contributed by atoms with Crippen LogP contribution in [-0.2, 0) is 9.53 Å². The summed E-state index contributed by atoms with van der Waals surface area (Å²) in [6.07, 6.45) is 0. The number of esters is 1. The average Bonchev–Trinajstić information content (AvgIpc) is 2.16. The van der Waals surface area contributed by atoms with Crippen LogP contribution in [0.3, 0.4) is 0 Å². The Morgan fingerprint density at radius 2 is 1.87 bits per heavy atom. The van der Waals surface area contributed by atoms with Crippen molar-refractivity contribution in [3.63, 3.8) is 0 Å². The fourth-order valence-electron chi connectivity index (χ4n) is 1.91. The van der Waals surface area contributed by atoms with Crippen molar-refractivity contribution in [2.45, 2.75) is 32.9 Å². The van der Waals surface area contributed by atoms with Crippen LogP contribution in [0.5, 0.6) is 0 Å². The largest absolute Gasteiger partial charge is 0.468 e. The molecular weight excluding hydrogens is 192 g/mol. The molecule has 0 aliphatic carbocycles. The summed E-state index contributed by atoms with van der Waals surface area (Å²) < 4.78 is 4.76. The zero-order valence-electron chi connectivity index (χ0n) is 10.8. The van der Waals surface area contributed by atoms with Gasteiger partial charge in [-0.15, -0.1) is 0 Å². The summed E-state index contributed by atoms with van der Waals surface area (Å²) in [5.74, 6) is -0.164. The van der Waals surface area contributed by atoms with Gasteiger partial charge in [0.15, 0.2) is 0 Å². The van der Waals surface area contributed by atoms with Gasteiger partial charge in [0.1, 0.15) is 6.04 Å². The summed E-state index contributed by atoms with van der Waals surface area (Å²) in [5.41, 5.74) is 0.